The number of aryl methyl sites for hydroxylation is 1. The minimum absolute atomic E-state index is 0.618. The van der Waals surface area contributed by atoms with Crippen LogP contribution in [0.2, 0.25) is 0 Å². The van der Waals surface area contributed by atoms with Crippen molar-refractivity contribution in [2.75, 3.05) is 6.54 Å². The van der Waals surface area contributed by atoms with E-state index in [-0.39, 0.29) is 0 Å². The lowest BCUT2D eigenvalue weighted by Crippen LogP contribution is -2.05. The molecule has 1 aromatic carbocycles. The van der Waals surface area contributed by atoms with Gasteiger partial charge in [-0.15, -0.1) is 0 Å². The van der Waals surface area contributed by atoms with E-state index in [9.17, 15) is 0 Å². The first-order valence-electron chi connectivity index (χ1n) is 4.59. The van der Waals surface area contributed by atoms with Gasteiger partial charge in [-0.05, 0) is 37.5 Å². The van der Waals surface area contributed by atoms with E-state index >= 15 is 0 Å². The number of hydrogen-bond acceptors (Lipinski definition) is 1. The summed E-state index contributed by atoms with van der Waals surface area (Å²) in [6.45, 7) is 6.95. The molecule has 2 N–H and O–H groups in total. The third-order valence-corrected chi connectivity index (χ3v) is 2.28. The molecule has 0 aliphatic carbocycles. The largest absolute Gasteiger partial charge is 0.326 e. The zero-order chi connectivity index (χ0) is 9.84. The molecule has 70 valence electrons. The van der Waals surface area contributed by atoms with Crippen molar-refractivity contribution in [2.45, 2.75) is 20.8 Å². The Kier molecular flexibility index (Phi) is 3.26. The lowest BCUT2D eigenvalue weighted by molar-refractivity contribution is 1.21. The van der Waals surface area contributed by atoms with Crippen molar-refractivity contribution in [2.24, 2.45) is 5.73 Å². The average molecular weight is 175 g/mol. The molecule has 0 amide bonds. The van der Waals surface area contributed by atoms with E-state index < -0.39 is 0 Å². The molecule has 0 spiro atoms. The molecular formula is C12H17N. The van der Waals surface area contributed by atoms with E-state index in [0.29, 0.717) is 6.54 Å². The van der Waals surface area contributed by atoms with Crippen LogP contribution in [0, 0.1) is 6.92 Å². The number of benzene rings is 1. The highest BCUT2D eigenvalue weighted by molar-refractivity contribution is 5.71. The highest BCUT2D eigenvalue weighted by Gasteiger charge is 2.03. The van der Waals surface area contributed by atoms with Crippen molar-refractivity contribution < 1.29 is 0 Å². The van der Waals surface area contributed by atoms with Crippen LogP contribution in [0.15, 0.2) is 29.8 Å². The first kappa shape index (κ1) is 10.0. The zero-order valence-electron chi connectivity index (χ0n) is 8.59. The Balaban J connectivity index is 3.21. The molecule has 0 aromatic heterocycles. The van der Waals surface area contributed by atoms with Gasteiger partial charge in [-0.3, -0.25) is 0 Å². The molecule has 1 rings (SSSR count). The first-order valence-corrected chi connectivity index (χ1v) is 4.59. The van der Waals surface area contributed by atoms with E-state index in [0.717, 1.165) is 0 Å². The summed E-state index contributed by atoms with van der Waals surface area (Å²) in [5.41, 5.74) is 10.9. The molecule has 13 heavy (non-hydrogen) atoms. The minimum atomic E-state index is 0.618. The van der Waals surface area contributed by atoms with E-state index in [2.05, 4.69) is 45.0 Å². The van der Waals surface area contributed by atoms with E-state index in [1.165, 1.54) is 22.3 Å². The number of rotatable bonds is 2. The number of nitrogens with two attached hydrogens (primary N) is 1. The van der Waals surface area contributed by atoms with Gasteiger partial charge in [0.05, 0.1) is 0 Å². The van der Waals surface area contributed by atoms with Crippen molar-refractivity contribution in [3.05, 3.63) is 41.0 Å². The number of allylic oxidation sites excluding steroid dienone is 1. The lowest BCUT2D eigenvalue weighted by atomic mass is 9.97. The second-order valence-electron chi connectivity index (χ2n) is 3.50. The van der Waals surface area contributed by atoms with Gasteiger partial charge in [-0.1, -0.05) is 29.8 Å². The highest BCUT2D eigenvalue weighted by atomic mass is 14.5. The van der Waals surface area contributed by atoms with Crippen molar-refractivity contribution >= 4 is 5.57 Å². The fourth-order valence-electron chi connectivity index (χ4n) is 1.49. The van der Waals surface area contributed by atoms with Gasteiger partial charge in [-0.25, -0.2) is 0 Å². The molecular weight excluding hydrogens is 158 g/mol. The van der Waals surface area contributed by atoms with Gasteiger partial charge in [0.1, 0.15) is 0 Å². The molecule has 0 aliphatic heterocycles. The summed E-state index contributed by atoms with van der Waals surface area (Å²) in [6.07, 6.45) is 0. The smallest absolute Gasteiger partial charge is 0.0183 e. The lowest BCUT2D eigenvalue weighted by Gasteiger charge is -2.10. The third kappa shape index (κ3) is 2.19. The van der Waals surface area contributed by atoms with Crippen LogP contribution in [0.1, 0.15) is 25.0 Å². The van der Waals surface area contributed by atoms with E-state index in [1.54, 1.807) is 0 Å². The van der Waals surface area contributed by atoms with Crippen molar-refractivity contribution in [3.8, 4) is 0 Å². The van der Waals surface area contributed by atoms with Crippen LogP contribution >= 0.6 is 0 Å². The minimum Gasteiger partial charge on any atom is -0.326 e. The molecule has 0 atom stereocenters. The van der Waals surface area contributed by atoms with Crippen LogP contribution in [0.4, 0.5) is 0 Å². The van der Waals surface area contributed by atoms with Gasteiger partial charge in [0, 0.05) is 6.54 Å². The van der Waals surface area contributed by atoms with Crippen LogP contribution < -0.4 is 5.73 Å². The second-order valence-corrected chi connectivity index (χ2v) is 3.50. The summed E-state index contributed by atoms with van der Waals surface area (Å²) in [5.74, 6) is 0. The van der Waals surface area contributed by atoms with Crippen LogP contribution in [0.3, 0.4) is 0 Å². The standard InChI is InChI=1S/C12H17N/c1-9(2)12(8-13)11-7-5-4-6-10(11)3/h4-7H,8,13H2,1-3H3. The van der Waals surface area contributed by atoms with E-state index in [4.69, 9.17) is 5.73 Å². The van der Waals surface area contributed by atoms with Crippen LogP contribution in [0.5, 0.6) is 0 Å². The summed E-state index contributed by atoms with van der Waals surface area (Å²) in [4.78, 5) is 0. The molecule has 0 fully saturated rings. The molecule has 0 saturated carbocycles. The zero-order valence-corrected chi connectivity index (χ0v) is 8.59. The van der Waals surface area contributed by atoms with Gasteiger partial charge in [0.2, 0.25) is 0 Å². The first-order chi connectivity index (χ1) is 6.16. The van der Waals surface area contributed by atoms with Gasteiger partial charge in [0.25, 0.3) is 0 Å². The summed E-state index contributed by atoms with van der Waals surface area (Å²) < 4.78 is 0. The molecule has 1 nitrogen and oxygen atoms in total. The Morgan fingerprint density at radius 3 is 2.31 bits per heavy atom. The molecule has 0 radical (unpaired) electrons. The van der Waals surface area contributed by atoms with E-state index in [1.807, 2.05) is 0 Å². The summed E-state index contributed by atoms with van der Waals surface area (Å²) in [5, 5.41) is 0. The second kappa shape index (κ2) is 4.24. The Morgan fingerprint density at radius 1 is 1.23 bits per heavy atom. The fraction of sp³-hybridized carbons (Fsp3) is 0.333. The predicted molar refractivity (Wildman–Crippen MR) is 58.5 cm³/mol. The normalized spacial score (nSPS) is 9.85. The Bertz CT molecular complexity index is 320. The highest BCUT2D eigenvalue weighted by Crippen LogP contribution is 2.20. The van der Waals surface area contributed by atoms with Crippen molar-refractivity contribution in [1.82, 2.24) is 0 Å². The van der Waals surface area contributed by atoms with Gasteiger partial charge in [0.15, 0.2) is 0 Å². The van der Waals surface area contributed by atoms with Crippen LogP contribution in [-0.2, 0) is 0 Å². The molecule has 0 bridgehead atoms. The number of hydrogen-bond donors (Lipinski definition) is 1. The maximum atomic E-state index is 5.72. The summed E-state index contributed by atoms with van der Waals surface area (Å²) in [7, 11) is 0. The Morgan fingerprint density at radius 2 is 1.85 bits per heavy atom. The molecule has 1 heteroatoms. The van der Waals surface area contributed by atoms with Gasteiger partial charge >= 0.3 is 0 Å². The molecule has 0 unspecified atom stereocenters. The third-order valence-electron chi connectivity index (χ3n) is 2.28. The maximum Gasteiger partial charge on any atom is 0.0183 e. The van der Waals surface area contributed by atoms with Gasteiger partial charge < -0.3 is 5.73 Å². The van der Waals surface area contributed by atoms with Crippen LogP contribution in [-0.4, -0.2) is 6.54 Å². The fourth-order valence-corrected chi connectivity index (χ4v) is 1.49. The summed E-state index contributed by atoms with van der Waals surface area (Å²) in [6, 6.07) is 8.36. The van der Waals surface area contributed by atoms with Crippen molar-refractivity contribution in [3.63, 3.8) is 0 Å². The van der Waals surface area contributed by atoms with Crippen LogP contribution in [0.25, 0.3) is 5.57 Å². The monoisotopic (exact) mass is 175 g/mol. The average Bonchev–Trinajstić information content (AvgIpc) is 2.09. The predicted octanol–water partition coefficient (Wildman–Crippen LogP) is 2.75. The van der Waals surface area contributed by atoms with Gasteiger partial charge in [-0.2, -0.15) is 0 Å². The molecule has 1 aromatic rings. The van der Waals surface area contributed by atoms with Crippen molar-refractivity contribution in [1.29, 1.82) is 0 Å². The quantitative estimate of drug-likeness (QED) is 0.735. The Hall–Kier alpha value is -1.08. The molecule has 0 aliphatic rings. The summed E-state index contributed by atoms with van der Waals surface area (Å²) >= 11 is 0. The SMILES string of the molecule is CC(C)=C(CN)c1ccccc1C. The molecule has 0 heterocycles. The Labute approximate surface area is 80.3 Å². The topological polar surface area (TPSA) is 26.0 Å². The molecule has 0 saturated heterocycles. The maximum absolute atomic E-state index is 5.72.